The fraction of sp³-hybridized carbons (Fsp3) is 0.316. The third-order valence-electron chi connectivity index (χ3n) is 4.17. The number of nitrogens with one attached hydrogen (secondary N) is 1. The first-order chi connectivity index (χ1) is 13.4. The zero-order valence-electron chi connectivity index (χ0n) is 16.0. The molecule has 2 aromatic rings. The minimum Gasteiger partial charge on any atom is -0.376 e. The SMILES string of the molecule is CC(C(=O)NC(c1ccccc1)N(C)C)c1ccc(OS(=O)(=O)C(F)(F)F)cc1. The molecule has 0 aromatic heterocycles. The average Bonchev–Trinajstić information content (AvgIpc) is 2.65. The monoisotopic (exact) mass is 430 g/mol. The third-order valence-corrected chi connectivity index (χ3v) is 5.15. The number of alkyl halides is 3. The van der Waals surface area contributed by atoms with Gasteiger partial charge in [-0.05, 0) is 44.3 Å². The lowest BCUT2D eigenvalue weighted by Crippen LogP contribution is -2.39. The van der Waals surface area contributed by atoms with Gasteiger partial charge in [0.05, 0.1) is 5.92 Å². The van der Waals surface area contributed by atoms with E-state index in [2.05, 4.69) is 9.50 Å². The minimum absolute atomic E-state index is 0.302. The lowest BCUT2D eigenvalue weighted by Gasteiger charge is -2.27. The summed E-state index contributed by atoms with van der Waals surface area (Å²) in [7, 11) is -2.11. The van der Waals surface area contributed by atoms with Crippen molar-refractivity contribution < 1.29 is 30.6 Å². The lowest BCUT2D eigenvalue weighted by molar-refractivity contribution is -0.124. The second-order valence-electron chi connectivity index (χ2n) is 6.56. The molecule has 0 aliphatic heterocycles. The van der Waals surface area contributed by atoms with Crippen LogP contribution in [0.1, 0.15) is 30.1 Å². The van der Waals surface area contributed by atoms with Crippen molar-refractivity contribution in [3.63, 3.8) is 0 Å². The molecule has 0 aliphatic rings. The van der Waals surface area contributed by atoms with Crippen LogP contribution in [0.25, 0.3) is 0 Å². The van der Waals surface area contributed by atoms with Crippen molar-refractivity contribution in [2.24, 2.45) is 0 Å². The van der Waals surface area contributed by atoms with Crippen molar-refractivity contribution in [3.05, 3.63) is 65.7 Å². The molecular weight excluding hydrogens is 409 g/mol. The van der Waals surface area contributed by atoms with E-state index in [0.29, 0.717) is 5.56 Å². The molecule has 2 unspecified atom stereocenters. The lowest BCUT2D eigenvalue weighted by atomic mass is 10.00. The van der Waals surface area contributed by atoms with Gasteiger partial charge in [0, 0.05) is 0 Å². The summed E-state index contributed by atoms with van der Waals surface area (Å²) in [6.07, 6.45) is -0.370. The second-order valence-corrected chi connectivity index (χ2v) is 8.10. The molecule has 0 spiro atoms. The van der Waals surface area contributed by atoms with Crippen LogP contribution in [0.3, 0.4) is 0 Å². The van der Waals surface area contributed by atoms with Crippen LogP contribution in [-0.4, -0.2) is 38.8 Å². The molecule has 158 valence electrons. The molecule has 0 saturated carbocycles. The highest BCUT2D eigenvalue weighted by molar-refractivity contribution is 7.88. The van der Waals surface area contributed by atoms with Crippen molar-refractivity contribution in [3.8, 4) is 5.75 Å². The van der Waals surface area contributed by atoms with Crippen LogP contribution in [0.5, 0.6) is 5.75 Å². The number of halogens is 3. The Bertz CT molecular complexity index is 930. The maximum absolute atomic E-state index is 12.7. The van der Waals surface area contributed by atoms with Crippen molar-refractivity contribution in [1.29, 1.82) is 0 Å². The van der Waals surface area contributed by atoms with Crippen LogP contribution in [0.2, 0.25) is 0 Å². The zero-order chi connectivity index (χ0) is 21.8. The molecule has 2 rings (SSSR count). The van der Waals surface area contributed by atoms with Crippen molar-refractivity contribution >= 4 is 16.0 Å². The van der Waals surface area contributed by atoms with Gasteiger partial charge in [-0.25, -0.2) is 0 Å². The second kappa shape index (κ2) is 8.83. The molecule has 6 nitrogen and oxygen atoms in total. The standard InChI is InChI=1S/C19H21F3N2O4S/c1-13(18(25)23-17(24(2)3)15-7-5-4-6-8-15)14-9-11-16(12-10-14)28-29(26,27)19(20,21)22/h4-13,17H,1-3H3,(H,23,25). The van der Waals surface area contributed by atoms with Crippen LogP contribution in [-0.2, 0) is 14.9 Å². The zero-order valence-corrected chi connectivity index (χ0v) is 16.8. The highest BCUT2D eigenvalue weighted by atomic mass is 32.2. The predicted molar refractivity (Wildman–Crippen MR) is 101 cm³/mol. The van der Waals surface area contributed by atoms with Crippen LogP contribution in [0.15, 0.2) is 54.6 Å². The first-order valence-corrected chi connectivity index (χ1v) is 9.95. The van der Waals surface area contributed by atoms with Gasteiger partial charge < -0.3 is 9.50 Å². The van der Waals surface area contributed by atoms with Gasteiger partial charge >= 0.3 is 15.6 Å². The van der Waals surface area contributed by atoms with E-state index in [-0.39, 0.29) is 12.1 Å². The Morgan fingerprint density at radius 1 is 1.00 bits per heavy atom. The van der Waals surface area contributed by atoms with E-state index < -0.39 is 27.3 Å². The van der Waals surface area contributed by atoms with Gasteiger partial charge in [0.1, 0.15) is 11.9 Å². The number of rotatable bonds is 7. The summed E-state index contributed by atoms with van der Waals surface area (Å²) < 4.78 is 63.3. The Labute approximate surface area is 167 Å². The Morgan fingerprint density at radius 2 is 1.55 bits per heavy atom. The summed E-state index contributed by atoms with van der Waals surface area (Å²) in [5.74, 6) is -1.42. The molecule has 1 amide bonds. The molecule has 1 N–H and O–H groups in total. The third kappa shape index (κ3) is 5.70. The first-order valence-electron chi connectivity index (χ1n) is 8.55. The molecule has 2 atom stereocenters. The topological polar surface area (TPSA) is 75.7 Å². The summed E-state index contributed by atoms with van der Waals surface area (Å²) in [5.41, 5.74) is -4.14. The quantitative estimate of drug-likeness (QED) is 0.414. The Hall–Kier alpha value is -2.59. The summed E-state index contributed by atoms with van der Waals surface area (Å²) in [5, 5.41) is 2.91. The van der Waals surface area contributed by atoms with E-state index >= 15 is 0 Å². The summed E-state index contributed by atoms with van der Waals surface area (Å²) in [6.45, 7) is 1.63. The first kappa shape index (κ1) is 22.7. The van der Waals surface area contributed by atoms with Gasteiger partial charge in [0.15, 0.2) is 0 Å². The summed E-state index contributed by atoms with van der Waals surface area (Å²) >= 11 is 0. The number of nitrogens with zero attached hydrogens (tertiary/aromatic N) is 1. The smallest absolute Gasteiger partial charge is 0.376 e. The number of hydrogen-bond donors (Lipinski definition) is 1. The van der Waals surface area contributed by atoms with Gasteiger partial charge in [0.2, 0.25) is 5.91 Å². The van der Waals surface area contributed by atoms with E-state index in [4.69, 9.17) is 0 Å². The van der Waals surface area contributed by atoms with E-state index in [1.54, 1.807) is 6.92 Å². The van der Waals surface area contributed by atoms with Crippen molar-refractivity contribution in [2.45, 2.75) is 24.5 Å². The normalized spacial score (nSPS) is 14.3. The Morgan fingerprint density at radius 3 is 2.03 bits per heavy atom. The van der Waals surface area contributed by atoms with Crippen LogP contribution < -0.4 is 9.50 Å². The van der Waals surface area contributed by atoms with Gasteiger partial charge in [-0.15, -0.1) is 0 Å². The molecule has 0 fully saturated rings. The molecule has 29 heavy (non-hydrogen) atoms. The maximum Gasteiger partial charge on any atom is 0.534 e. The van der Waals surface area contributed by atoms with E-state index in [9.17, 15) is 26.4 Å². The largest absolute Gasteiger partial charge is 0.534 e. The van der Waals surface area contributed by atoms with Crippen molar-refractivity contribution in [1.82, 2.24) is 10.2 Å². The molecule has 0 aliphatic carbocycles. The fourth-order valence-electron chi connectivity index (χ4n) is 2.54. The highest BCUT2D eigenvalue weighted by Crippen LogP contribution is 2.28. The van der Waals surface area contributed by atoms with Crippen LogP contribution in [0, 0.1) is 0 Å². The van der Waals surface area contributed by atoms with E-state index in [1.165, 1.54) is 12.1 Å². The fourth-order valence-corrected chi connectivity index (χ4v) is 3.00. The molecule has 0 heterocycles. The van der Waals surface area contributed by atoms with E-state index in [0.717, 1.165) is 17.7 Å². The van der Waals surface area contributed by atoms with Gasteiger partial charge in [-0.1, -0.05) is 42.5 Å². The molecule has 10 heteroatoms. The number of hydrogen-bond acceptors (Lipinski definition) is 5. The minimum atomic E-state index is -5.74. The molecule has 2 aromatic carbocycles. The highest BCUT2D eigenvalue weighted by Gasteiger charge is 2.48. The Kier molecular flexibility index (Phi) is 6.91. The Balaban J connectivity index is 2.11. The predicted octanol–water partition coefficient (Wildman–Crippen LogP) is 3.40. The number of benzene rings is 2. The molecule has 0 bridgehead atoms. The van der Waals surface area contributed by atoms with Gasteiger partial charge in [0.25, 0.3) is 0 Å². The summed E-state index contributed by atoms with van der Waals surface area (Å²) in [4.78, 5) is 14.5. The number of carbonyl (C=O) groups is 1. The number of amides is 1. The van der Waals surface area contributed by atoms with Gasteiger partial charge in [-0.2, -0.15) is 21.6 Å². The average molecular weight is 430 g/mol. The van der Waals surface area contributed by atoms with Gasteiger partial charge in [-0.3, -0.25) is 9.69 Å². The molecule has 0 radical (unpaired) electrons. The maximum atomic E-state index is 12.7. The van der Waals surface area contributed by atoms with E-state index in [1.807, 2.05) is 49.3 Å². The molecular formula is C19H21F3N2O4S. The van der Waals surface area contributed by atoms with Crippen LogP contribution in [0.4, 0.5) is 13.2 Å². The molecule has 0 saturated heterocycles. The number of carbonyl (C=O) groups excluding carboxylic acids is 1. The van der Waals surface area contributed by atoms with Crippen LogP contribution >= 0.6 is 0 Å². The van der Waals surface area contributed by atoms with Crippen molar-refractivity contribution in [2.75, 3.05) is 14.1 Å². The summed E-state index contributed by atoms with van der Waals surface area (Å²) in [6, 6.07) is 14.2.